The molecular formula is C20H22Cl2N4O4S. The van der Waals surface area contributed by atoms with Gasteiger partial charge in [0.15, 0.2) is 11.6 Å². The molecule has 31 heavy (non-hydrogen) atoms. The number of rotatable bonds is 4. The van der Waals surface area contributed by atoms with Crippen LogP contribution in [0.5, 0.6) is 5.75 Å². The van der Waals surface area contributed by atoms with Gasteiger partial charge >= 0.3 is 10.2 Å². The molecule has 0 unspecified atom stereocenters. The highest BCUT2D eigenvalue weighted by molar-refractivity contribution is 7.90. The smallest absolute Gasteiger partial charge is 0.305 e. The van der Waals surface area contributed by atoms with Gasteiger partial charge in [-0.2, -0.15) is 12.7 Å². The van der Waals surface area contributed by atoms with Crippen molar-refractivity contribution in [2.75, 3.05) is 35.9 Å². The maximum Gasteiger partial charge on any atom is 0.305 e. The van der Waals surface area contributed by atoms with Gasteiger partial charge in [-0.05, 0) is 43.0 Å². The van der Waals surface area contributed by atoms with Gasteiger partial charge in [-0.1, -0.05) is 36.2 Å². The van der Waals surface area contributed by atoms with Gasteiger partial charge in [0.2, 0.25) is 0 Å². The summed E-state index contributed by atoms with van der Waals surface area (Å²) in [6.07, 6.45) is 1.64. The standard InChI is InChI=1S/C20H22Cl2N4O4S/c1-13-7-9-25(10-8-13)31(28,29)26-11-12-30-16-5-6-17(23-19(16)26)24-20(27)18-14(21)3-2-4-15(18)22/h2-6,13H,7-12H2,1H3,(H,23,24,27). The Morgan fingerprint density at radius 1 is 1.13 bits per heavy atom. The summed E-state index contributed by atoms with van der Waals surface area (Å²) in [5.74, 6) is 0.610. The van der Waals surface area contributed by atoms with Crippen LogP contribution in [0.4, 0.5) is 11.6 Å². The van der Waals surface area contributed by atoms with Gasteiger partial charge in [-0.25, -0.2) is 9.29 Å². The lowest BCUT2D eigenvalue weighted by atomic mass is 10.0. The third-order valence-corrected chi connectivity index (χ3v) is 7.97. The minimum atomic E-state index is -3.76. The van der Waals surface area contributed by atoms with Crippen LogP contribution in [-0.4, -0.2) is 49.9 Å². The van der Waals surface area contributed by atoms with Crippen LogP contribution in [0, 0.1) is 5.92 Å². The van der Waals surface area contributed by atoms with Crippen LogP contribution in [0.15, 0.2) is 30.3 Å². The van der Waals surface area contributed by atoms with Gasteiger partial charge in [0.05, 0.1) is 22.2 Å². The Labute approximate surface area is 191 Å². The third-order valence-electron chi connectivity index (χ3n) is 5.41. The molecule has 1 amide bonds. The average Bonchev–Trinajstić information content (AvgIpc) is 2.73. The van der Waals surface area contributed by atoms with Crippen molar-refractivity contribution in [3.63, 3.8) is 0 Å². The number of hydrogen-bond acceptors (Lipinski definition) is 5. The first-order valence-corrected chi connectivity index (χ1v) is 12.1. The molecule has 2 aliphatic rings. The Balaban J connectivity index is 1.61. The monoisotopic (exact) mass is 484 g/mol. The van der Waals surface area contributed by atoms with Crippen LogP contribution < -0.4 is 14.4 Å². The fourth-order valence-corrected chi connectivity index (χ4v) is 5.79. The van der Waals surface area contributed by atoms with E-state index in [0.29, 0.717) is 24.8 Å². The Bertz CT molecular complexity index is 1080. The molecule has 0 spiro atoms. The maximum absolute atomic E-state index is 13.3. The molecule has 2 aromatic rings. The highest BCUT2D eigenvalue weighted by Crippen LogP contribution is 2.35. The van der Waals surface area contributed by atoms with Gasteiger partial charge in [0.25, 0.3) is 5.91 Å². The molecule has 2 aliphatic heterocycles. The lowest BCUT2D eigenvalue weighted by Crippen LogP contribution is -2.49. The van der Waals surface area contributed by atoms with E-state index in [1.165, 1.54) is 8.61 Å². The molecule has 166 valence electrons. The van der Waals surface area contributed by atoms with Crippen molar-refractivity contribution in [2.24, 2.45) is 5.92 Å². The maximum atomic E-state index is 13.3. The van der Waals surface area contributed by atoms with Crippen molar-refractivity contribution in [3.05, 3.63) is 45.9 Å². The molecule has 1 N–H and O–H groups in total. The normalized spacial score (nSPS) is 17.7. The number of anilines is 2. The molecule has 8 nitrogen and oxygen atoms in total. The highest BCUT2D eigenvalue weighted by atomic mass is 35.5. The number of pyridine rings is 1. The second-order valence-electron chi connectivity index (χ2n) is 7.58. The number of carbonyl (C=O) groups is 1. The number of hydrogen-bond donors (Lipinski definition) is 1. The highest BCUT2D eigenvalue weighted by Gasteiger charge is 2.36. The van der Waals surface area contributed by atoms with E-state index in [2.05, 4.69) is 17.2 Å². The molecule has 1 aromatic heterocycles. The lowest BCUT2D eigenvalue weighted by molar-refractivity contribution is 0.102. The van der Waals surface area contributed by atoms with Crippen LogP contribution in [0.2, 0.25) is 10.0 Å². The van der Waals surface area contributed by atoms with E-state index < -0.39 is 16.1 Å². The van der Waals surface area contributed by atoms with Crippen molar-refractivity contribution in [1.29, 1.82) is 0 Å². The summed E-state index contributed by atoms with van der Waals surface area (Å²) in [5, 5.41) is 3.04. The largest absolute Gasteiger partial charge is 0.488 e. The Hall–Kier alpha value is -2.07. The Morgan fingerprint density at radius 2 is 1.81 bits per heavy atom. The first-order valence-electron chi connectivity index (χ1n) is 9.94. The Kier molecular flexibility index (Phi) is 6.30. The number of benzene rings is 1. The van der Waals surface area contributed by atoms with Crippen LogP contribution in [-0.2, 0) is 10.2 Å². The number of piperidine rings is 1. The van der Waals surface area contributed by atoms with Crippen molar-refractivity contribution in [2.45, 2.75) is 19.8 Å². The summed E-state index contributed by atoms with van der Waals surface area (Å²) < 4.78 is 34.9. The third kappa shape index (κ3) is 4.45. The van der Waals surface area contributed by atoms with E-state index in [9.17, 15) is 13.2 Å². The zero-order valence-electron chi connectivity index (χ0n) is 16.8. The van der Waals surface area contributed by atoms with E-state index in [-0.39, 0.29) is 40.4 Å². The molecule has 0 bridgehead atoms. The number of ether oxygens (including phenoxy) is 1. The molecule has 1 fully saturated rings. The first kappa shape index (κ1) is 22.1. The molecule has 0 atom stereocenters. The van der Waals surface area contributed by atoms with Crippen molar-refractivity contribution < 1.29 is 17.9 Å². The number of aromatic nitrogens is 1. The van der Waals surface area contributed by atoms with Gasteiger partial charge in [-0.3, -0.25) is 4.79 Å². The SMILES string of the molecule is CC1CCN(S(=O)(=O)N2CCOc3ccc(NC(=O)c4c(Cl)cccc4Cl)nc32)CC1. The number of nitrogens with zero attached hydrogens (tertiary/aromatic N) is 3. The molecular weight excluding hydrogens is 463 g/mol. The number of carbonyl (C=O) groups excluding carboxylic acids is 1. The summed E-state index contributed by atoms with van der Waals surface area (Å²) in [5.41, 5.74) is 0.119. The van der Waals surface area contributed by atoms with E-state index in [1.807, 2.05) is 0 Å². The quantitative estimate of drug-likeness (QED) is 0.711. The second kappa shape index (κ2) is 8.82. The summed E-state index contributed by atoms with van der Waals surface area (Å²) in [6.45, 7) is 3.42. The van der Waals surface area contributed by atoms with Gasteiger partial charge in [-0.15, -0.1) is 0 Å². The van der Waals surface area contributed by atoms with Crippen molar-refractivity contribution >= 4 is 51.0 Å². The van der Waals surface area contributed by atoms with E-state index in [0.717, 1.165) is 12.8 Å². The predicted octanol–water partition coefficient (Wildman–Crippen LogP) is 3.82. The van der Waals surface area contributed by atoms with Crippen LogP contribution in [0.25, 0.3) is 0 Å². The molecule has 0 aliphatic carbocycles. The fourth-order valence-electron chi connectivity index (χ4n) is 3.61. The van der Waals surface area contributed by atoms with Crippen LogP contribution in [0.3, 0.4) is 0 Å². The molecule has 4 rings (SSSR count). The first-order chi connectivity index (χ1) is 14.8. The number of fused-ring (bicyclic) bond motifs is 1. The van der Waals surface area contributed by atoms with Crippen LogP contribution in [0.1, 0.15) is 30.1 Å². The van der Waals surface area contributed by atoms with Gasteiger partial charge < -0.3 is 10.1 Å². The lowest BCUT2D eigenvalue weighted by Gasteiger charge is -2.36. The predicted molar refractivity (Wildman–Crippen MR) is 120 cm³/mol. The summed E-state index contributed by atoms with van der Waals surface area (Å²) in [7, 11) is -3.76. The fraction of sp³-hybridized carbons (Fsp3) is 0.400. The number of amides is 1. The zero-order valence-corrected chi connectivity index (χ0v) is 19.2. The number of halogens is 2. The van der Waals surface area contributed by atoms with E-state index in [4.69, 9.17) is 27.9 Å². The van der Waals surface area contributed by atoms with E-state index >= 15 is 0 Å². The molecule has 1 saturated heterocycles. The molecule has 3 heterocycles. The van der Waals surface area contributed by atoms with Crippen molar-refractivity contribution in [3.8, 4) is 5.75 Å². The minimum absolute atomic E-state index is 0.119. The molecule has 0 saturated carbocycles. The Morgan fingerprint density at radius 3 is 2.48 bits per heavy atom. The second-order valence-corrected chi connectivity index (χ2v) is 10.2. The molecule has 0 radical (unpaired) electrons. The van der Waals surface area contributed by atoms with E-state index in [1.54, 1.807) is 30.3 Å². The van der Waals surface area contributed by atoms with Gasteiger partial charge in [0, 0.05) is 13.1 Å². The molecule has 1 aromatic carbocycles. The topological polar surface area (TPSA) is 91.8 Å². The number of nitrogens with one attached hydrogen (secondary N) is 1. The zero-order chi connectivity index (χ0) is 22.2. The summed E-state index contributed by atoms with van der Waals surface area (Å²) in [6, 6.07) is 7.89. The van der Waals surface area contributed by atoms with Gasteiger partial charge in [0.1, 0.15) is 12.4 Å². The summed E-state index contributed by atoms with van der Waals surface area (Å²) >= 11 is 12.2. The average molecular weight is 485 g/mol. The minimum Gasteiger partial charge on any atom is -0.488 e. The summed E-state index contributed by atoms with van der Waals surface area (Å²) in [4.78, 5) is 17.1. The van der Waals surface area contributed by atoms with Crippen LogP contribution >= 0.6 is 23.2 Å². The molecule has 11 heteroatoms. The van der Waals surface area contributed by atoms with Crippen molar-refractivity contribution in [1.82, 2.24) is 9.29 Å².